The number of hydrogen-bond acceptors (Lipinski definition) is 6. The molecule has 2 aromatic rings. The molecule has 2 heterocycles. The summed E-state index contributed by atoms with van der Waals surface area (Å²) in [5, 5.41) is 19.1. The summed E-state index contributed by atoms with van der Waals surface area (Å²) in [6, 6.07) is -0.749. The van der Waals surface area contributed by atoms with Crippen LogP contribution in [0.3, 0.4) is 0 Å². The van der Waals surface area contributed by atoms with Crippen LogP contribution >= 0.6 is 11.3 Å². The van der Waals surface area contributed by atoms with Crippen LogP contribution in [0.25, 0.3) is 0 Å². The van der Waals surface area contributed by atoms with Gasteiger partial charge in [-0.05, 0) is 64.0 Å². The number of pyridine rings is 1. The highest BCUT2D eigenvalue weighted by Gasteiger charge is 2.31. The standard InChI is InChI=1S/C19H25N5O3S2/c1-10-15(11-7-8-11)22-13-6-4-5-12(13)16(10)23-18(25)24-29(20,27)14-9-21-17(28-14)19(2,3)26/h9,11,26H,4-8H2,1-3H3,(H3,20,22,23,24,25,27)/t29-/m1/s1. The van der Waals surface area contributed by atoms with Gasteiger partial charge in [-0.15, -0.1) is 15.7 Å². The minimum atomic E-state index is -3.47. The summed E-state index contributed by atoms with van der Waals surface area (Å²) >= 11 is 0.988. The second-order valence-electron chi connectivity index (χ2n) is 8.18. The third kappa shape index (κ3) is 4.07. The first-order chi connectivity index (χ1) is 13.6. The number of anilines is 1. The number of nitrogens with zero attached hydrogens (tertiary/aromatic N) is 3. The van der Waals surface area contributed by atoms with Gasteiger partial charge in [0.1, 0.15) is 14.8 Å². The fourth-order valence-corrected chi connectivity index (χ4v) is 5.67. The van der Waals surface area contributed by atoms with Crippen molar-refractivity contribution in [2.45, 2.75) is 68.6 Å². The van der Waals surface area contributed by atoms with Gasteiger partial charge in [0.25, 0.3) is 0 Å². The Kier molecular flexibility index (Phi) is 5.01. The van der Waals surface area contributed by atoms with Crippen molar-refractivity contribution in [3.05, 3.63) is 33.7 Å². The lowest BCUT2D eigenvalue weighted by molar-refractivity contribution is 0.0783. The van der Waals surface area contributed by atoms with E-state index in [9.17, 15) is 14.1 Å². The first-order valence-electron chi connectivity index (χ1n) is 9.63. The predicted molar refractivity (Wildman–Crippen MR) is 112 cm³/mol. The summed E-state index contributed by atoms with van der Waals surface area (Å²) in [5.74, 6) is 0.463. The summed E-state index contributed by atoms with van der Waals surface area (Å²) < 4.78 is 16.8. The summed E-state index contributed by atoms with van der Waals surface area (Å²) in [5.41, 5.74) is 3.64. The van der Waals surface area contributed by atoms with Crippen molar-refractivity contribution in [3.63, 3.8) is 0 Å². The number of aromatic nitrogens is 2. The van der Waals surface area contributed by atoms with Gasteiger partial charge in [0.15, 0.2) is 9.92 Å². The quantitative estimate of drug-likeness (QED) is 0.678. The maximum atomic E-state index is 12.9. The Bertz CT molecular complexity index is 1110. The van der Waals surface area contributed by atoms with E-state index in [1.54, 1.807) is 13.8 Å². The third-order valence-corrected chi connectivity index (χ3v) is 8.41. The zero-order valence-electron chi connectivity index (χ0n) is 16.7. The van der Waals surface area contributed by atoms with Gasteiger partial charge >= 0.3 is 6.03 Å². The van der Waals surface area contributed by atoms with Crippen molar-refractivity contribution < 1.29 is 14.1 Å². The number of rotatable bonds is 4. The highest BCUT2D eigenvalue weighted by molar-refractivity contribution is 7.93. The van der Waals surface area contributed by atoms with Crippen LogP contribution < -0.4 is 10.5 Å². The maximum Gasteiger partial charge on any atom is 0.354 e. The predicted octanol–water partition coefficient (Wildman–Crippen LogP) is 3.37. The number of aliphatic hydroxyl groups is 1. The smallest absolute Gasteiger partial charge is 0.354 e. The van der Waals surface area contributed by atoms with E-state index in [0.717, 1.165) is 71.6 Å². The zero-order chi connectivity index (χ0) is 21.0. The number of nitrogens with two attached hydrogens (primary N) is 1. The molecule has 0 saturated heterocycles. The third-order valence-electron chi connectivity index (χ3n) is 5.22. The first kappa shape index (κ1) is 20.4. The topological polar surface area (TPSA) is 131 Å². The minimum Gasteiger partial charge on any atom is -0.383 e. The number of carbonyl (C=O) groups excluding carboxylic acids is 1. The molecule has 1 saturated carbocycles. The molecule has 8 nitrogen and oxygen atoms in total. The Morgan fingerprint density at radius 2 is 2.14 bits per heavy atom. The van der Waals surface area contributed by atoms with Crippen molar-refractivity contribution in [2.75, 3.05) is 5.32 Å². The number of thiazole rings is 1. The number of carbonyl (C=O) groups is 1. The van der Waals surface area contributed by atoms with E-state index < -0.39 is 21.5 Å². The van der Waals surface area contributed by atoms with Gasteiger partial charge in [0, 0.05) is 17.3 Å². The molecule has 0 bridgehead atoms. The lowest BCUT2D eigenvalue weighted by atomic mass is 10.0. The van der Waals surface area contributed by atoms with Crippen LogP contribution in [0.4, 0.5) is 10.5 Å². The fourth-order valence-electron chi connectivity index (χ4n) is 3.60. The normalized spacial score (nSPS) is 18.2. The van der Waals surface area contributed by atoms with Crippen molar-refractivity contribution in [2.24, 2.45) is 9.50 Å². The van der Waals surface area contributed by atoms with Crippen molar-refractivity contribution in [1.29, 1.82) is 0 Å². The minimum absolute atomic E-state index is 0.153. The number of amides is 2. The monoisotopic (exact) mass is 435 g/mol. The van der Waals surface area contributed by atoms with Crippen molar-refractivity contribution >= 4 is 33.0 Å². The number of fused-ring (bicyclic) bond motifs is 1. The van der Waals surface area contributed by atoms with Gasteiger partial charge in [-0.1, -0.05) is 0 Å². The van der Waals surface area contributed by atoms with Crippen LogP contribution in [0.5, 0.6) is 0 Å². The summed E-state index contributed by atoms with van der Waals surface area (Å²) in [6.07, 6.45) is 6.31. The molecule has 0 radical (unpaired) electrons. The molecule has 0 aromatic carbocycles. The van der Waals surface area contributed by atoms with Crippen LogP contribution in [0, 0.1) is 6.92 Å². The molecule has 2 aromatic heterocycles. The Morgan fingerprint density at radius 3 is 2.76 bits per heavy atom. The van der Waals surface area contributed by atoms with E-state index in [4.69, 9.17) is 10.1 Å². The van der Waals surface area contributed by atoms with Crippen LogP contribution in [-0.4, -0.2) is 25.3 Å². The van der Waals surface area contributed by atoms with Crippen molar-refractivity contribution in [1.82, 2.24) is 9.97 Å². The molecule has 156 valence electrons. The van der Waals surface area contributed by atoms with Gasteiger partial charge in [-0.3, -0.25) is 4.98 Å². The summed E-state index contributed by atoms with van der Waals surface area (Å²) in [6.45, 7) is 5.11. The van der Waals surface area contributed by atoms with Crippen LogP contribution in [0.2, 0.25) is 0 Å². The number of hydrogen-bond donors (Lipinski definition) is 3. The van der Waals surface area contributed by atoms with Crippen LogP contribution in [0.1, 0.15) is 66.6 Å². The highest BCUT2D eigenvalue weighted by Crippen LogP contribution is 2.44. The van der Waals surface area contributed by atoms with E-state index in [0.29, 0.717) is 10.9 Å². The highest BCUT2D eigenvalue weighted by atomic mass is 32.2. The SMILES string of the molecule is Cc1c(C2CC2)nc2c(c1NC(=O)N=[S@@](N)(=O)c1cnc(C(C)(C)O)s1)CCC2. The fraction of sp³-hybridized carbons (Fsp3) is 0.526. The second-order valence-corrected chi connectivity index (χ2v) is 11.2. The largest absolute Gasteiger partial charge is 0.383 e. The average molecular weight is 436 g/mol. The maximum absolute atomic E-state index is 12.9. The molecule has 2 aliphatic carbocycles. The van der Waals surface area contributed by atoms with Gasteiger partial charge < -0.3 is 10.4 Å². The Morgan fingerprint density at radius 1 is 1.41 bits per heavy atom. The van der Waals surface area contributed by atoms with Gasteiger partial charge in [-0.25, -0.2) is 19.1 Å². The Labute approximate surface area is 174 Å². The van der Waals surface area contributed by atoms with Crippen LogP contribution in [-0.2, 0) is 28.4 Å². The average Bonchev–Trinajstić information content (AvgIpc) is 3.13. The van der Waals surface area contributed by atoms with E-state index >= 15 is 0 Å². The van der Waals surface area contributed by atoms with E-state index in [2.05, 4.69) is 14.7 Å². The molecule has 2 amide bonds. The molecule has 1 fully saturated rings. The molecule has 4 N–H and O–H groups in total. The molecular weight excluding hydrogens is 410 g/mol. The van der Waals surface area contributed by atoms with E-state index in [1.165, 1.54) is 6.20 Å². The second kappa shape index (κ2) is 7.12. The lowest BCUT2D eigenvalue weighted by Crippen LogP contribution is -2.18. The molecule has 1 atom stereocenters. The molecule has 0 unspecified atom stereocenters. The summed E-state index contributed by atoms with van der Waals surface area (Å²) in [4.78, 5) is 21.5. The first-order valence-corrected chi connectivity index (χ1v) is 12.0. The van der Waals surface area contributed by atoms with E-state index in [1.807, 2.05) is 6.92 Å². The summed E-state index contributed by atoms with van der Waals surface area (Å²) in [7, 11) is -3.47. The van der Waals surface area contributed by atoms with E-state index in [-0.39, 0.29) is 4.21 Å². The van der Waals surface area contributed by atoms with Crippen molar-refractivity contribution in [3.8, 4) is 0 Å². The Balaban J connectivity index is 1.65. The number of nitrogens with one attached hydrogen (secondary N) is 1. The van der Waals surface area contributed by atoms with Gasteiger partial charge in [-0.2, -0.15) is 0 Å². The number of aryl methyl sites for hydroxylation is 1. The molecule has 0 aliphatic heterocycles. The van der Waals surface area contributed by atoms with Gasteiger partial charge in [0.05, 0.1) is 11.9 Å². The van der Waals surface area contributed by atoms with Crippen LogP contribution in [0.15, 0.2) is 14.8 Å². The molecule has 29 heavy (non-hydrogen) atoms. The molecule has 4 rings (SSSR count). The molecule has 0 spiro atoms. The molecular formula is C19H25N5O3S2. The Hall–Kier alpha value is -1.88. The molecule has 10 heteroatoms. The zero-order valence-corrected chi connectivity index (χ0v) is 18.3. The molecule has 2 aliphatic rings. The lowest BCUT2D eigenvalue weighted by Gasteiger charge is -2.16. The number of urea groups is 1. The van der Waals surface area contributed by atoms with Gasteiger partial charge in [0.2, 0.25) is 0 Å².